The Kier molecular flexibility index (Phi) is 8.02. The van der Waals surface area contributed by atoms with Gasteiger partial charge in [-0.1, -0.05) is 0 Å². The first kappa shape index (κ1) is 18.8. The van der Waals surface area contributed by atoms with Crippen LogP contribution >= 0.6 is 24.0 Å². The molecule has 0 amide bonds. The summed E-state index contributed by atoms with van der Waals surface area (Å²) in [6.45, 7) is 4.00. The third kappa shape index (κ3) is 7.81. The maximum Gasteiger partial charge on any atom is 0.401 e. The lowest BCUT2D eigenvalue weighted by Gasteiger charge is -2.20. The number of hydrogen-bond donors (Lipinski definition) is 2. The molecule has 1 aliphatic heterocycles. The van der Waals surface area contributed by atoms with Gasteiger partial charge in [0.2, 0.25) is 0 Å². The molecular weight excluding hydrogens is 372 g/mol. The van der Waals surface area contributed by atoms with E-state index in [1.807, 2.05) is 13.8 Å². The Labute approximate surface area is 129 Å². The first-order chi connectivity index (χ1) is 8.30. The molecule has 114 valence electrons. The molecule has 0 radical (unpaired) electrons. The van der Waals surface area contributed by atoms with Crippen LogP contribution in [0.5, 0.6) is 0 Å². The van der Waals surface area contributed by atoms with E-state index in [1.54, 1.807) is 7.05 Å². The number of likely N-dealkylation sites (tertiary alicyclic amines) is 1. The predicted molar refractivity (Wildman–Crippen MR) is 81.1 cm³/mol. The highest BCUT2D eigenvalue weighted by molar-refractivity contribution is 14.0. The molecule has 1 atom stereocenters. The van der Waals surface area contributed by atoms with Crippen molar-refractivity contribution in [2.24, 2.45) is 4.99 Å². The predicted octanol–water partition coefficient (Wildman–Crippen LogP) is 1.81. The molecule has 19 heavy (non-hydrogen) atoms. The van der Waals surface area contributed by atoms with Gasteiger partial charge in [0.1, 0.15) is 0 Å². The Bertz CT molecular complexity index is 294. The van der Waals surface area contributed by atoms with Crippen LogP contribution in [-0.2, 0) is 0 Å². The van der Waals surface area contributed by atoms with Gasteiger partial charge < -0.3 is 10.6 Å². The Hall–Kier alpha value is -0.250. The van der Waals surface area contributed by atoms with E-state index in [4.69, 9.17) is 0 Å². The largest absolute Gasteiger partial charge is 0.401 e. The number of hydrogen-bond acceptors (Lipinski definition) is 2. The SMILES string of the molecule is CN=C(NC(C)C)NC1CCN(CC(F)(F)F)C1.I. The minimum atomic E-state index is -4.12. The highest BCUT2D eigenvalue weighted by atomic mass is 127. The molecule has 0 spiro atoms. The molecule has 0 aromatic heterocycles. The minimum Gasteiger partial charge on any atom is -0.354 e. The van der Waals surface area contributed by atoms with Gasteiger partial charge in [0, 0.05) is 32.2 Å². The number of nitrogens with zero attached hydrogens (tertiary/aromatic N) is 2. The molecule has 0 aliphatic carbocycles. The van der Waals surface area contributed by atoms with Gasteiger partial charge in [-0.15, -0.1) is 24.0 Å². The van der Waals surface area contributed by atoms with E-state index >= 15 is 0 Å². The topological polar surface area (TPSA) is 39.7 Å². The Morgan fingerprint density at radius 1 is 1.42 bits per heavy atom. The van der Waals surface area contributed by atoms with Gasteiger partial charge in [-0.25, -0.2) is 0 Å². The summed E-state index contributed by atoms with van der Waals surface area (Å²) in [5.41, 5.74) is 0. The highest BCUT2D eigenvalue weighted by Crippen LogP contribution is 2.19. The van der Waals surface area contributed by atoms with Crippen molar-refractivity contribution in [3.63, 3.8) is 0 Å². The highest BCUT2D eigenvalue weighted by Gasteiger charge is 2.34. The summed E-state index contributed by atoms with van der Waals surface area (Å²) in [4.78, 5) is 5.46. The molecule has 1 saturated heterocycles. The molecular formula is C11H22F3IN4. The lowest BCUT2D eigenvalue weighted by molar-refractivity contribution is -0.143. The standard InChI is InChI=1S/C11H21F3N4.HI/c1-8(2)16-10(15-3)17-9-4-5-18(6-9)7-11(12,13)14;/h8-9H,4-7H2,1-3H3,(H2,15,16,17);1H. The van der Waals surface area contributed by atoms with Crippen molar-refractivity contribution >= 4 is 29.9 Å². The van der Waals surface area contributed by atoms with E-state index in [1.165, 1.54) is 4.90 Å². The van der Waals surface area contributed by atoms with Crippen LogP contribution in [0.3, 0.4) is 0 Å². The number of guanidine groups is 1. The van der Waals surface area contributed by atoms with Gasteiger partial charge in [-0.2, -0.15) is 13.2 Å². The summed E-state index contributed by atoms with van der Waals surface area (Å²) in [5, 5.41) is 6.26. The molecule has 1 fully saturated rings. The summed E-state index contributed by atoms with van der Waals surface area (Å²) in [6, 6.07) is 0.265. The molecule has 0 bridgehead atoms. The quantitative estimate of drug-likeness (QED) is 0.436. The lowest BCUT2D eigenvalue weighted by atomic mass is 10.3. The second-order valence-electron chi connectivity index (χ2n) is 4.85. The van der Waals surface area contributed by atoms with Gasteiger partial charge in [-0.05, 0) is 20.3 Å². The van der Waals surface area contributed by atoms with Crippen LogP contribution in [0.1, 0.15) is 20.3 Å². The smallest absolute Gasteiger partial charge is 0.354 e. The average molecular weight is 394 g/mol. The molecule has 1 rings (SSSR count). The Balaban J connectivity index is 0.00000324. The van der Waals surface area contributed by atoms with Crippen LogP contribution in [0, 0.1) is 0 Å². The van der Waals surface area contributed by atoms with E-state index in [-0.39, 0.29) is 36.1 Å². The molecule has 0 aromatic rings. The third-order valence-electron chi connectivity index (χ3n) is 2.67. The second-order valence-corrected chi connectivity index (χ2v) is 4.85. The summed E-state index contributed by atoms with van der Waals surface area (Å²) in [7, 11) is 1.65. The van der Waals surface area contributed by atoms with Crippen LogP contribution in [0.4, 0.5) is 13.2 Å². The first-order valence-electron chi connectivity index (χ1n) is 6.09. The number of rotatable bonds is 3. The molecule has 8 heteroatoms. The fraction of sp³-hybridized carbons (Fsp3) is 0.909. The number of halogens is 4. The van der Waals surface area contributed by atoms with Crippen LogP contribution in [0.2, 0.25) is 0 Å². The van der Waals surface area contributed by atoms with Gasteiger partial charge in [0.05, 0.1) is 6.54 Å². The third-order valence-corrected chi connectivity index (χ3v) is 2.67. The molecule has 1 unspecified atom stereocenters. The minimum absolute atomic E-state index is 0. The lowest BCUT2D eigenvalue weighted by Crippen LogP contribution is -2.47. The van der Waals surface area contributed by atoms with Crippen LogP contribution in [0.25, 0.3) is 0 Å². The summed E-state index contributed by atoms with van der Waals surface area (Å²) < 4.78 is 36.7. The van der Waals surface area contributed by atoms with Crippen molar-refractivity contribution < 1.29 is 13.2 Å². The van der Waals surface area contributed by atoms with Crippen molar-refractivity contribution in [1.29, 1.82) is 0 Å². The number of aliphatic imine (C=N–C) groups is 1. The van der Waals surface area contributed by atoms with Crippen LogP contribution in [-0.4, -0.2) is 55.8 Å². The number of alkyl halides is 3. The van der Waals surface area contributed by atoms with Crippen molar-refractivity contribution in [1.82, 2.24) is 15.5 Å². The van der Waals surface area contributed by atoms with E-state index in [9.17, 15) is 13.2 Å². The first-order valence-corrected chi connectivity index (χ1v) is 6.09. The van der Waals surface area contributed by atoms with Crippen molar-refractivity contribution in [2.75, 3.05) is 26.7 Å². The van der Waals surface area contributed by atoms with Gasteiger partial charge >= 0.3 is 6.18 Å². The molecule has 1 aliphatic rings. The molecule has 4 nitrogen and oxygen atoms in total. The van der Waals surface area contributed by atoms with E-state index < -0.39 is 12.7 Å². The van der Waals surface area contributed by atoms with E-state index in [0.717, 1.165) is 0 Å². The fourth-order valence-corrected chi connectivity index (χ4v) is 1.99. The normalized spacial score (nSPS) is 21.4. The fourth-order valence-electron chi connectivity index (χ4n) is 1.99. The van der Waals surface area contributed by atoms with Crippen molar-refractivity contribution in [2.45, 2.75) is 38.5 Å². The zero-order chi connectivity index (χ0) is 13.8. The Morgan fingerprint density at radius 2 is 2.05 bits per heavy atom. The maximum absolute atomic E-state index is 12.2. The number of nitrogens with one attached hydrogen (secondary N) is 2. The molecule has 0 saturated carbocycles. The second kappa shape index (κ2) is 8.13. The van der Waals surface area contributed by atoms with Crippen LogP contribution in [0.15, 0.2) is 4.99 Å². The van der Waals surface area contributed by atoms with E-state index in [2.05, 4.69) is 15.6 Å². The maximum atomic E-state index is 12.2. The summed E-state index contributed by atoms with van der Waals surface area (Å²) in [5.74, 6) is 0.642. The zero-order valence-electron chi connectivity index (χ0n) is 11.4. The average Bonchev–Trinajstić information content (AvgIpc) is 2.61. The molecule has 2 N–H and O–H groups in total. The van der Waals surface area contributed by atoms with Gasteiger partial charge in [0.25, 0.3) is 0 Å². The van der Waals surface area contributed by atoms with E-state index in [0.29, 0.717) is 25.5 Å². The summed E-state index contributed by atoms with van der Waals surface area (Å²) in [6.07, 6.45) is -3.42. The summed E-state index contributed by atoms with van der Waals surface area (Å²) >= 11 is 0. The van der Waals surface area contributed by atoms with Gasteiger partial charge in [-0.3, -0.25) is 9.89 Å². The van der Waals surface area contributed by atoms with Crippen molar-refractivity contribution in [3.8, 4) is 0 Å². The molecule has 1 heterocycles. The van der Waals surface area contributed by atoms with Gasteiger partial charge in [0.15, 0.2) is 5.96 Å². The van der Waals surface area contributed by atoms with Crippen LogP contribution < -0.4 is 10.6 Å². The zero-order valence-corrected chi connectivity index (χ0v) is 13.8. The molecule has 0 aromatic carbocycles. The Morgan fingerprint density at radius 3 is 2.53 bits per heavy atom. The monoisotopic (exact) mass is 394 g/mol. The van der Waals surface area contributed by atoms with Crippen molar-refractivity contribution in [3.05, 3.63) is 0 Å².